The minimum atomic E-state index is -1.50. The molecule has 0 aliphatic carbocycles. The first-order valence-corrected chi connectivity index (χ1v) is 11.9. The highest BCUT2D eigenvalue weighted by atomic mass is 16.5. The average Bonchev–Trinajstić information content (AvgIpc) is 3.31. The Labute approximate surface area is 212 Å². The molecule has 4 aromatic rings. The zero-order valence-corrected chi connectivity index (χ0v) is 19.8. The number of fused-ring (bicyclic) bond motifs is 1. The molecule has 1 fully saturated rings. The summed E-state index contributed by atoms with van der Waals surface area (Å²) in [7, 11) is 0. The summed E-state index contributed by atoms with van der Waals surface area (Å²) in [5.41, 5.74) is 4.54. The predicted molar refractivity (Wildman–Crippen MR) is 137 cm³/mol. The Balaban J connectivity index is 1.26. The number of nitrogens with zero attached hydrogens (tertiary/aromatic N) is 1. The first kappa shape index (κ1) is 24.9. The number of anilines is 2. The van der Waals surface area contributed by atoms with Crippen LogP contribution in [0, 0.1) is 0 Å². The van der Waals surface area contributed by atoms with Gasteiger partial charge >= 0.3 is 6.03 Å². The van der Waals surface area contributed by atoms with E-state index in [1.165, 1.54) is 5.56 Å². The van der Waals surface area contributed by atoms with Gasteiger partial charge in [0.2, 0.25) is 0 Å². The van der Waals surface area contributed by atoms with E-state index in [9.17, 15) is 25.2 Å². The molecule has 1 aliphatic heterocycles. The third-order valence-electron chi connectivity index (χ3n) is 6.36. The van der Waals surface area contributed by atoms with Crippen LogP contribution >= 0.6 is 0 Å². The number of rotatable bonds is 6. The van der Waals surface area contributed by atoms with Crippen molar-refractivity contribution in [2.24, 2.45) is 0 Å². The second-order valence-electron chi connectivity index (χ2n) is 9.05. The van der Waals surface area contributed by atoms with E-state index in [1.807, 2.05) is 42.5 Å². The Morgan fingerprint density at radius 3 is 2.35 bits per heavy atom. The molecule has 37 heavy (non-hydrogen) atoms. The number of imidazole rings is 1. The minimum Gasteiger partial charge on any atom is -0.394 e. The highest BCUT2D eigenvalue weighted by molar-refractivity contribution is 6.00. The van der Waals surface area contributed by atoms with E-state index in [1.54, 1.807) is 18.2 Å². The molecule has 5 rings (SSSR count). The van der Waals surface area contributed by atoms with Gasteiger partial charge in [-0.15, -0.1) is 0 Å². The van der Waals surface area contributed by atoms with E-state index in [-0.39, 0.29) is 5.82 Å². The van der Waals surface area contributed by atoms with Crippen molar-refractivity contribution in [2.45, 2.75) is 36.9 Å². The SMILES string of the molecule is O=C(Nc1cccc(Cc2ccccc2)c1)Nc1ccc2nc([C@@H]3O[C@H](CO)[C@@H](O)[C@H](O)[C@H]3O)[nH]c2c1. The van der Waals surface area contributed by atoms with Crippen molar-refractivity contribution in [3.8, 4) is 0 Å². The zero-order valence-electron chi connectivity index (χ0n) is 19.8. The van der Waals surface area contributed by atoms with E-state index >= 15 is 0 Å². The predicted octanol–water partition coefficient (Wildman–Crippen LogP) is 2.31. The quantitative estimate of drug-likeness (QED) is 0.212. The second-order valence-corrected chi connectivity index (χ2v) is 9.05. The first-order valence-electron chi connectivity index (χ1n) is 11.9. The van der Waals surface area contributed by atoms with Crippen LogP contribution < -0.4 is 10.6 Å². The summed E-state index contributed by atoms with van der Waals surface area (Å²) in [6.45, 7) is -0.528. The molecular formula is C27H28N4O6. The molecule has 7 N–H and O–H groups in total. The standard InChI is InChI=1S/C27H28N4O6/c32-14-21-22(33)23(34)24(35)25(37-21)26-30-19-10-9-18(13-20(19)31-26)29-27(36)28-17-8-4-7-16(12-17)11-15-5-2-1-3-6-15/h1-10,12-13,21-25,32-35H,11,14H2,(H,30,31)(H2,28,29,36)/t21-,22-,23+,24-,25-/m1/s1. The molecule has 0 bridgehead atoms. The summed E-state index contributed by atoms with van der Waals surface area (Å²) in [4.78, 5) is 20.1. The first-order chi connectivity index (χ1) is 17.9. The van der Waals surface area contributed by atoms with Crippen LogP contribution in [0.2, 0.25) is 0 Å². The van der Waals surface area contributed by atoms with Crippen LogP contribution in [0.3, 0.4) is 0 Å². The highest BCUT2D eigenvalue weighted by Gasteiger charge is 2.45. The van der Waals surface area contributed by atoms with Gasteiger partial charge in [-0.3, -0.25) is 0 Å². The molecule has 1 aliphatic rings. The Bertz CT molecular complexity index is 1380. The van der Waals surface area contributed by atoms with Gasteiger partial charge in [-0.1, -0.05) is 42.5 Å². The number of carbonyl (C=O) groups excluding carboxylic acids is 1. The lowest BCUT2D eigenvalue weighted by atomic mass is 9.95. The highest BCUT2D eigenvalue weighted by Crippen LogP contribution is 2.32. The van der Waals surface area contributed by atoms with E-state index in [2.05, 4.69) is 32.7 Å². The van der Waals surface area contributed by atoms with Gasteiger partial charge in [-0.25, -0.2) is 9.78 Å². The molecule has 192 valence electrons. The van der Waals surface area contributed by atoms with Gasteiger partial charge in [0.05, 0.1) is 17.6 Å². The van der Waals surface area contributed by atoms with Crippen molar-refractivity contribution in [1.29, 1.82) is 0 Å². The van der Waals surface area contributed by atoms with E-state index < -0.39 is 43.2 Å². The summed E-state index contributed by atoms with van der Waals surface area (Å²) in [6, 6.07) is 22.4. The fourth-order valence-electron chi connectivity index (χ4n) is 4.45. The smallest absolute Gasteiger partial charge is 0.323 e. The van der Waals surface area contributed by atoms with Crippen molar-refractivity contribution in [3.63, 3.8) is 0 Å². The van der Waals surface area contributed by atoms with Gasteiger partial charge in [0, 0.05) is 11.4 Å². The third-order valence-corrected chi connectivity index (χ3v) is 6.36. The van der Waals surface area contributed by atoms with Gasteiger partial charge in [0.25, 0.3) is 0 Å². The van der Waals surface area contributed by atoms with Crippen LogP contribution in [0.25, 0.3) is 11.0 Å². The third kappa shape index (κ3) is 5.48. The largest absolute Gasteiger partial charge is 0.394 e. The number of aromatic nitrogens is 2. The molecule has 10 heteroatoms. The number of H-pyrrole nitrogens is 1. The molecule has 3 aromatic carbocycles. The van der Waals surface area contributed by atoms with Crippen LogP contribution in [0.4, 0.5) is 16.2 Å². The van der Waals surface area contributed by atoms with Crippen molar-refractivity contribution in [3.05, 3.63) is 89.7 Å². The number of aliphatic hydroxyl groups is 4. The van der Waals surface area contributed by atoms with Gasteiger partial charge in [-0.2, -0.15) is 0 Å². The number of urea groups is 1. The molecule has 0 saturated carbocycles. The Hall–Kier alpha value is -3.80. The Kier molecular flexibility index (Phi) is 7.17. The van der Waals surface area contributed by atoms with Gasteiger partial charge < -0.3 is 40.8 Å². The second kappa shape index (κ2) is 10.7. The van der Waals surface area contributed by atoms with Gasteiger partial charge in [0.15, 0.2) is 0 Å². The summed E-state index contributed by atoms with van der Waals surface area (Å²) < 4.78 is 5.57. The molecule has 2 amide bonds. The van der Waals surface area contributed by atoms with Crippen LogP contribution in [-0.2, 0) is 11.2 Å². The molecule has 0 radical (unpaired) electrons. The molecule has 1 saturated heterocycles. The molecule has 0 spiro atoms. The maximum Gasteiger partial charge on any atom is 0.323 e. The van der Waals surface area contributed by atoms with E-state index in [0.29, 0.717) is 22.4 Å². The fraction of sp³-hybridized carbons (Fsp3) is 0.259. The van der Waals surface area contributed by atoms with Crippen LogP contribution in [0.5, 0.6) is 0 Å². The van der Waals surface area contributed by atoms with Crippen LogP contribution in [0.15, 0.2) is 72.8 Å². The maximum absolute atomic E-state index is 12.6. The number of amides is 2. The lowest BCUT2D eigenvalue weighted by Gasteiger charge is -2.39. The molecule has 1 aromatic heterocycles. The van der Waals surface area contributed by atoms with Crippen LogP contribution in [-0.4, -0.2) is 67.4 Å². The summed E-state index contributed by atoms with van der Waals surface area (Å²) in [5.74, 6) is 0.226. The maximum atomic E-state index is 12.6. The minimum absolute atomic E-state index is 0.226. The fourth-order valence-corrected chi connectivity index (χ4v) is 4.45. The summed E-state index contributed by atoms with van der Waals surface area (Å²) in [5, 5.41) is 45.5. The van der Waals surface area contributed by atoms with Gasteiger partial charge in [-0.05, 0) is 47.9 Å². The number of aliphatic hydroxyl groups excluding tert-OH is 4. The van der Waals surface area contributed by atoms with E-state index in [4.69, 9.17) is 4.74 Å². The average molecular weight is 505 g/mol. The number of benzene rings is 3. The summed E-state index contributed by atoms with van der Waals surface area (Å²) in [6.07, 6.45) is -5.76. The number of ether oxygens (including phenoxy) is 1. The molecule has 2 heterocycles. The summed E-state index contributed by atoms with van der Waals surface area (Å²) >= 11 is 0. The normalized spacial score (nSPS) is 23.6. The van der Waals surface area contributed by atoms with Crippen molar-refractivity contribution >= 4 is 28.4 Å². The number of nitrogens with one attached hydrogen (secondary N) is 3. The molecule has 5 atom stereocenters. The Morgan fingerprint density at radius 1 is 0.865 bits per heavy atom. The van der Waals surface area contributed by atoms with E-state index in [0.717, 1.165) is 12.0 Å². The molecule has 0 unspecified atom stereocenters. The lowest BCUT2D eigenvalue weighted by molar-refractivity contribution is -0.233. The topological polar surface area (TPSA) is 160 Å². The molecule has 10 nitrogen and oxygen atoms in total. The van der Waals surface area contributed by atoms with Gasteiger partial charge in [0.1, 0.15) is 36.3 Å². The molecular weight excluding hydrogens is 476 g/mol. The van der Waals surface area contributed by atoms with Crippen molar-refractivity contribution < 1.29 is 30.0 Å². The zero-order chi connectivity index (χ0) is 25.9. The lowest BCUT2D eigenvalue weighted by Crippen LogP contribution is -2.55. The number of hydrogen-bond donors (Lipinski definition) is 7. The van der Waals surface area contributed by atoms with Crippen molar-refractivity contribution in [2.75, 3.05) is 17.2 Å². The van der Waals surface area contributed by atoms with Crippen molar-refractivity contribution in [1.82, 2.24) is 9.97 Å². The number of carbonyl (C=O) groups is 1. The number of hydrogen-bond acceptors (Lipinski definition) is 7. The number of aromatic amines is 1. The van der Waals surface area contributed by atoms with Crippen LogP contribution in [0.1, 0.15) is 23.1 Å². The monoisotopic (exact) mass is 504 g/mol. The Morgan fingerprint density at radius 2 is 1.59 bits per heavy atom.